The summed E-state index contributed by atoms with van der Waals surface area (Å²) < 4.78 is 5.85. The maximum Gasteiger partial charge on any atom is 0.122 e. The van der Waals surface area contributed by atoms with Crippen LogP contribution in [0, 0.1) is 0 Å². The Bertz CT molecular complexity index is 528. The van der Waals surface area contributed by atoms with Crippen molar-refractivity contribution < 1.29 is 4.74 Å². The molecule has 2 nitrogen and oxygen atoms in total. The van der Waals surface area contributed by atoms with Crippen LogP contribution in [0.15, 0.2) is 48.5 Å². The predicted molar refractivity (Wildman–Crippen MR) is 84.7 cm³/mol. The fourth-order valence-electron chi connectivity index (χ4n) is 2.05. The minimum absolute atomic E-state index is 0.664. The number of ether oxygens (including phenoxy) is 1. The normalized spacial score (nSPS) is 10.5. The molecule has 0 saturated heterocycles. The zero-order chi connectivity index (χ0) is 14.2. The van der Waals surface area contributed by atoms with E-state index in [0.29, 0.717) is 6.61 Å². The Morgan fingerprint density at radius 3 is 2.65 bits per heavy atom. The molecule has 0 aliphatic carbocycles. The standard InChI is InChI=1S/C17H20ClNO/c1-2-19-10-11-20-17-9-8-16(18)13-15(17)12-14-6-4-3-5-7-14/h3-9,13,19H,2,10-12H2,1H3. The molecule has 2 rings (SSSR count). The summed E-state index contributed by atoms with van der Waals surface area (Å²) in [5, 5.41) is 3.99. The van der Waals surface area contributed by atoms with E-state index in [1.54, 1.807) is 0 Å². The van der Waals surface area contributed by atoms with Crippen molar-refractivity contribution in [3.05, 3.63) is 64.7 Å². The molecule has 0 aliphatic heterocycles. The molecule has 2 aromatic carbocycles. The zero-order valence-electron chi connectivity index (χ0n) is 11.7. The highest BCUT2D eigenvalue weighted by Gasteiger charge is 2.06. The molecule has 0 amide bonds. The first-order valence-corrected chi connectivity index (χ1v) is 7.33. The average molecular weight is 290 g/mol. The zero-order valence-corrected chi connectivity index (χ0v) is 12.5. The summed E-state index contributed by atoms with van der Waals surface area (Å²) in [6, 6.07) is 16.2. The van der Waals surface area contributed by atoms with Crippen LogP contribution in [0.2, 0.25) is 5.02 Å². The highest BCUT2D eigenvalue weighted by Crippen LogP contribution is 2.25. The SMILES string of the molecule is CCNCCOc1ccc(Cl)cc1Cc1ccccc1. The number of nitrogens with one attached hydrogen (secondary N) is 1. The molecule has 0 saturated carbocycles. The number of likely N-dealkylation sites (N-methyl/N-ethyl adjacent to an activating group) is 1. The van der Waals surface area contributed by atoms with Gasteiger partial charge in [0, 0.05) is 18.0 Å². The van der Waals surface area contributed by atoms with E-state index in [0.717, 1.165) is 35.8 Å². The average Bonchev–Trinajstić information content (AvgIpc) is 2.47. The number of halogens is 1. The molecule has 0 bridgehead atoms. The maximum absolute atomic E-state index is 6.10. The first-order chi connectivity index (χ1) is 9.79. The Morgan fingerprint density at radius 2 is 1.90 bits per heavy atom. The third-order valence-corrected chi connectivity index (χ3v) is 3.28. The van der Waals surface area contributed by atoms with Crippen molar-refractivity contribution in [2.75, 3.05) is 19.7 Å². The maximum atomic E-state index is 6.10. The minimum Gasteiger partial charge on any atom is -0.492 e. The number of benzene rings is 2. The number of hydrogen-bond acceptors (Lipinski definition) is 2. The molecule has 2 aromatic rings. The second-order valence-electron chi connectivity index (χ2n) is 4.62. The van der Waals surface area contributed by atoms with Gasteiger partial charge in [-0.3, -0.25) is 0 Å². The van der Waals surface area contributed by atoms with Crippen LogP contribution in [0.5, 0.6) is 5.75 Å². The van der Waals surface area contributed by atoms with E-state index < -0.39 is 0 Å². The van der Waals surface area contributed by atoms with E-state index in [-0.39, 0.29) is 0 Å². The smallest absolute Gasteiger partial charge is 0.122 e. The van der Waals surface area contributed by atoms with Gasteiger partial charge in [-0.2, -0.15) is 0 Å². The van der Waals surface area contributed by atoms with E-state index in [4.69, 9.17) is 16.3 Å². The molecule has 0 radical (unpaired) electrons. The first-order valence-electron chi connectivity index (χ1n) is 6.95. The summed E-state index contributed by atoms with van der Waals surface area (Å²) in [4.78, 5) is 0. The lowest BCUT2D eigenvalue weighted by atomic mass is 10.0. The monoisotopic (exact) mass is 289 g/mol. The van der Waals surface area contributed by atoms with Gasteiger partial charge >= 0.3 is 0 Å². The van der Waals surface area contributed by atoms with E-state index in [9.17, 15) is 0 Å². The van der Waals surface area contributed by atoms with Gasteiger partial charge in [-0.05, 0) is 35.9 Å². The summed E-state index contributed by atoms with van der Waals surface area (Å²) in [7, 11) is 0. The molecule has 20 heavy (non-hydrogen) atoms. The summed E-state index contributed by atoms with van der Waals surface area (Å²) >= 11 is 6.10. The van der Waals surface area contributed by atoms with E-state index in [1.165, 1.54) is 5.56 Å². The summed E-state index contributed by atoms with van der Waals surface area (Å²) in [5.41, 5.74) is 2.38. The van der Waals surface area contributed by atoms with E-state index >= 15 is 0 Å². The van der Waals surface area contributed by atoms with Crippen LogP contribution in [-0.2, 0) is 6.42 Å². The molecule has 3 heteroatoms. The fourth-order valence-corrected chi connectivity index (χ4v) is 2.25. The lowest BCUT2D eigenvalue weighted by Gasteiger charge is -2.12. The second kappa shape index (κ2) is 7.93. The highest BCUT2D eigenvalue weighted by molar-refractivity contribution is 6.30. The fraction of sp³-hybridized carbons (Fsp3) is 0.294. The van der Waals surface area contributed by atoms with Crippen LogP contribution in [0.1, 0.15) is 18.1 Å². The van der Waals surface area contributed by atoms with Gasteiger partial charge in [-0.25, -0.2) is 0 Å². The molecular formula is C17H20ClNO. The van der Waals surface area contributed by atoms with Crippen molar-refractivity contribution in [2.45, 2.75) is 13.3 Å². The summed E-state index contributed by atoms with van der Waals surface area (Å²) in [6.07, 6.45) is 0.831. The Kier molecular flexibility index (Phi) is 5.90. The Morgan fingerprint density at radius 1 is 1.10 bits per heavy atom. The molecule has 106 valence electrons. The predicted octanol–water partition coefficient (Wildman–Crippen LogP) is 3.92. The quantitative estimate of drug-likeness (QED) is 0.780. The molecule has 0 atom stereocenters. The van der Waals surface area contributed by atoms with Crippen molar-refractivity contribution >= 4 is 11.6 Å². The molecule has 0 fully saturated rings. The Labute approximate surface area is 125 Å². The van der Waals surface area contributed by atoms with Crippen LogP contribution in [0.3, 0.4) is 0 Å². The van der Waals surface area contributed by atoms with Crippen molar-refractivity contribution in [3.63, 3.8) is 0 Å². The molecule has 0 spiro atoms. The van der Waals surface area contributed by atoms with Crippen molar-refractivity contribution in [1.29, 1.82) is 0 Å². The van der Waals surface area contributed by atoms with Gasteiger partial charge < -0.3 is 10.1 Å². The lowest BCUT2D eigenvalue weighted by Crippen LogP contribution is -2.20. The van der Waals surface area contributed by atoms with Gasteiger partial charge in [0.25, 0.3) is 0 Å². The third kappa shape index (κ3) is 4.55. The topological polar surface area (TPSA) is 21.3 Å². The largest absolute Gasteiger partial charge is 0.492 e. The van der Waals surface area contributed by atoms with Crippen molar-refractivity contribution in [1.82, 2.24) is 5.32 Å². The van der Waals surface area contributed by atoms with Gasteiger partial charge in [0.15, 0.2) is 0 Å². The van der Waals surface area contributed by atoms with Gasteiger partial charge in [0.1, 0.15) is 12.4 Å². The second-order valence-corrected chi connectivity index (χ2v) is 5.05. The number of hydrogen-bond donors (Lipinski definition) is 1. The van der Waals surface area contributed by atoms with Crippen molar-refractivity contribution in [2.24, 2.45) is 0 Å². The lowest BCUT2D eigenvalue weighted by molar-refractivity contribution is 0.313. The van der Waals surface area contributed by atoms with Crippen LogP contribution in [0.25, 0.3) is 0 Å². The van der Waals surface area contributed by atoms with Gasteiger partial charge in [0.2, 0.25) is 0 Å². The molecule has 0 unspecified atom stereocenters. The number of rotatable bonds is 7. The summed E-state index contributed by atoms with van der Waals surface area (Å²) in [5.74, 6) is 0.913. The van der Waals surface area contributed by atoms with Crippen LogP contribution < -0.4 is 10.1 Å². The van der Waals surface area contributed by atoms with E-state index in [1.807, 2.05) is 36.4 Å². The Balaban J connectivity index is 2.07. The summed E-state index contributed by atoms with van der Waals surface area (Å²) in [6.45, 7) is 4.56. The van der Waals surface area contributed by atoms with Gasteiger partial charge in [0.05, 0.1) is 0 Å². The molecule has 0 heterocycles. The Hall–Kier alpha value is -1.51. The van der Waals surface area contributed by atoms with Crippen LogP contribution in [-0.4, -0.2) is 19.7 Å². The molecule has 0 aliphatic rings. The van der Waals surface area contributed by atoms with Gasteiger partial charge in [-0.15, -0.1) is 0 Å². The van der Waals surface area contributed by atoms with Gasteiger partial charge in [-0.1, -0.05) is 48.9 Å². The molecular weight excluding hydrogens is 270 g/mol. The highest BCUT2D eigenvalue weighted by atomic mass is 35.5. The van der Waals surface area contributed by atoms with Crippen molar-refractivity contribution in [3.8, 4) is 5.75 Å². The first kappa shape index (κ1) is 14.9. The third-order valence-electron chi connectivity index (χ3n) is 3.05. The molecule has 0 aromatic heterocycles. The van der Waals surface area contributed by atoms with E-state index in [2.05, 4.69) is 24.4 Å². The van der Waals surface area contributed by atoms with Crippen LogP contribution >= 0.6 is 11.6 Å². The minimum atomic E-state index is 0.664. The molecule has 1 N–H and O–H groups in total. The van der Waals surface area contributed by atoms with Crippen LogP contribution in [0.4, 0.5) is 0 Å².